The molecule has 2 amide bonds. The van der Waals surface area contributed by atoms with Gasteiger partial charge in [-0.1, -0.05) is 11.8 Å². The number of methoxy groups -OCH3 is 1. The van der Waals surface area contributed by atoms with E-state index in [2.05, 4.69) is 30.1 Å². The van der Waals surface area contributed by atoms with E-state index in [1.807, 2.05) is 0 Å². The second-order valence-electron chi connectivity index (χ2n) is 6.37. The summed E-state index contributed by atoms with van der Waals surface area (Å²) in [5.74, 6) is -1.23. The number of ether oxygens (including phenoxy) is 1. The Bertz CT molecular complexity index is 1030. The molecule has 0 saturated carbocycles. The lowest BCUT2D eigenvalue weighted by Gasteiger charge is -2.55. The predicted molar refractivity (Wildman–Crippen MR) is 117 cm³/mol. The van der Waals surface area contributed by atoms with Gasteiger partial charge in [-0.3, -0.25) is 14.5 Å². The van der Waals surface area contributed by atoms with Gasteiger partial charge in [0.05, 0.1) is 5.75 Å². The maximum atomic E-state index is 13.0. The Morgan fingerprint density at radius 3 is 2.97 bits per heavy atom. The molecule has 2 aromatic rings. The van der Waals surface area contributed by atoms with Gasteiger partial charge < -0.3 is 15.2 Å². The van der Waals surface area contributed by atoms with Crippen LogP contribution in [0.1, 0.15) is 0 Å². The summed E-state index contributed by atoms with van der Waals surface area (Å²) >= 11 is 5.07. The second kappa shape index (κ2) is 9.74. The molecule has 2 N–H and O–H groups in total. The summed E-state index contributed by atoms with van der Waals surface area (Å²) in [6.45, 7) is 0. The number of carboxylic acids is 1. The fraction of sp³-hybridized carbons (Fsp3) is 0.467. The van der Waals surface area contributed by atoms with Crippen molar-refractivity contribution in [3.8, 4) is 0 Å². The van der Waals surface area contributed by atoms with Crippen LogP contribution in [0.15, 0.2) is 28.3 Å². The molecular weight excluding hydrogens is 500 g/mol. The highest BCUT2D eigenvalue weighted by atomic mass is 32.2. The third-order valence-corrected chi connectivity index (χ3v) is 8.30. The molecule has 1 unspecified atom stereocenters. The summed E-state index contributed by atoms with van der Waals surface area (Å²) in [5.41, 5.74) is 0.466. The van der Waals surface area contributed by atoms with E-state index in [1.54, 1.807) is 5.51 Å². The summed E-state index contributed by atoms with van der Waals surface area (Å²) in [6, 6.07) is 0. The van der Waals surface area contributed by atoms with E-state index in [9.17, 15) is 19.5 Å². The minimum atomic E-state index is -1.62. The summed E-state index contributed by atoms with van der Waals surface area (Å²) in [6.07, 6.45) is 1.29. The molecule has 2 aromatic heterocycles. The Labute approximate surface area is 197 Å². The molecule has 2 atom stereocenters. The lowest BCUT2D eigenvalue weighted by atomic mass is 9.98. The van der Waals surface area contributed by atoms with Crippen LogP contribution < -0.4 is 5.32 Å². The molecule has 0 aromatic carbocycles. The molecule has 32 heavy (non-hydrogen) atoms. The number of β-lactam (4-membered cyclic amide) rings is 1. The number of nitrogens with one attached hydrogen (secondary N) is 1. The first-order valence-corrected chi connectivity index (χ1v) is 12.9. The fourth-order valence-electron chi connectivity index (χ4n) is 3.14. The number of carboxylic acid groups (broad SMARTS) is 1. The number of tetrazole rings is 1. The maximum Gasteiger partial charge on any atom is 0.352 e. The Balaban J connectivity index is 1.43. The minimum absolute atomic E-state index is 0.0292. The number of hydrogen-bond donors (Lipinski definition) is 2. The summed E-state index contributed by atoms with van der Waals surface area (Å²) in [4.78, 5) is 44.1. The molecule has 1 fully saturated rings. The smallest absolute Gasteiger partial charge is 0.352 e. The van der Waals surface area contributed by atoms with Gasteiger partial charge in [-0.25, -0.2) is 9.78 Å². The van der Waals surface area contributed by atoms with Crippen LogP contribution in [0.25, 0.3) is 0 Å². The van der Waals surface area contributed by atoms with Crippen molar-refractivity contribution >= 4 is 64.6 Å². The SMILES string of the molecule is CO[C@]1(NC(=O)CSCn2ncnn2)C(=O)N2C(C(=O)O)=C(CSc3ncsn3)CSC21. The Morgan fingerprint density at radius 2 is 2.31 bits per heavy atom. The van der Waals surface area contributed by atoms with E-state index in [0.717, 1.165) is 0 Å². The van der Waals surface area contributed by atoms with E-state index in [-0.39, 0.29) is 11.4 Å². The normalized spacial score (nSPS) is 22.5. The molecule has 0 bridgehead atoms. The standard InChI is InChI=1S/C15H16N8O5S4/c1-28-15(19-9(24)4-29-7-22-18-5-17-21-22)12(27)23-10(11(25)26)8(2-30-13(15)23)3-31-14-16-6-32-20-14/h5-6,13H,2-4,7H2,1H3,(H,19,24)(H,25,26)/t13?,15-/m1/s1. The molecule has 0 spiro atoms. The zero-order chi connectivity index (χ0) is 22.7. The molecule has 0 aliphatic carbocycles. The average Bonchev–Trinajstić information content (AvgIpc) is 3.49. The van der Waals surface area contributed by atoms with Crippen LogP contribution >= 0.6 is 46.8 Å². The number of fused-ring (bicyclic) bond motifs is 1. The van der Waals surface area contributed by atoms with Crippen molar-refractivity contribution in [3.05, 3.63) is 23.1 Å². The largest absolute Gasteiger partial charge is 0.477 e. The maximum absolute atomic E-state index is 13.0. The van der Waals surface area contributed by atoms with Crippen LogP contribution in [-0.4, -0.2) is 92.8 Å². The van der Waals surface area contributed by atoms with Crippen molar-refractivity contribution < 1.29 is 24.2 Å². The van der Waals surface area contributed by atoms with E-state index in [1.165, 1.54) is 70.0 Å². The number of thioether (sulfide) groups is 3. The van der Waals surface area contributed by atoms with Crippen molar-refractivity contribution in [3.63, 3.8) is 0 Å². The van der Waals surface area contributed by atoms with E-state index >= 15 is 0 Å². The molecule has 13 nitrogen and oxygen atoms in total. The van der Waals surface area contributed by atoms with E-state index in [0.29, 0.717) is 28.1 Å². The minimum Gasteiger partial charge on any atom is -0.477 e. The van der Waals surface area contributed by atoms with Crippen molar-refractivity contribution in [2.45, 2.75) is 22.1 Å². The lowest BCUT2D eigenvalue weighted by Crippen LogP contribution is -2.80. The van der Waals surface area contributed by atoms with E-state index in [4.69, 9.17) is 4.74 Å². The zero-order valence-corrected chi connectivity index (χ0v) is 19.7. The quantitative estimate of drug-likeness (QED) is 0.241. The molecule has 17 heteroatoms. The van der Waals surface area contributed by atoms with Crippen LogP contribution in [0.3, 0.4) is 0 Å². The van der Waals surface area contributed by atoms with Crippen molar-refractivity contribution in [2.75, 3.05) is 24.4 Å². The monoisotopic (exact) mass is 516 g/mol. The van der Waals surface area contributed by atoms with Gasteiger partial charge in [0.1, 0.15) is 22.5 Å². The molecule has 4 rings (SSSR count). The molecule has 1 saturated heterocycles. The van der Waals surface area contributed by atoms with Gasteiger partial charge in [0, 0.05) is 18.6 Å². The first kappa shape index (κ1) is 23.0. The topological polar surface area (TPSA) is 165 Å². The molecule has 4 heterocycles. The third kappa shape index (κ3) is 4.34. The number of aromatic nitrogens is 6. The predicted octanol–water partition coefficient (Wildman–Crippen LogP) is -0.280. The zero-order valence-electron chi connectivity index (χ0n) is 16.4. The summed E-state index contributed by atoms with van der Waals surface area (Å²) in [5, 5.41) is 23.4. The van der Waals surface area contributed by atoms with Crippen LogP contribution in [0.4, 0.5) is 0 Å². The lowest BCUT2D eigenvalue weighted by molar-refractivity contribution is -0.192. The number of carbonyl (C=O) groups is 3. The average molecular weight is 517 g/mol. The number of carbonyl (C=O) groups excluding carboxylic acids is 2. The third-order valence-electron chi connectivity index (χ3n) is 4.51. The fourth-order valence-corrected chi connectivity index (χ4v) is 6.75. The first-order valence-electron chi connectivity index (χ1n) is 8.90. The van der Waals surface area contributed by atoms with E-state index < -0.39 is 28.9 Å². The van der Waals surface area contributed by atoms with Gasteiger partial charge >= 0.3 is 5.97 Å². The summed E-state index contributed by atoms with van der Waals surface area (Å²) in [7, 11) is 1.31. The Kier molecular flexibility index (Phi) is 6.99. The second-order valence-corrected chi connectivity index (χ2v) is 9.94. The van der Waals surface area contributed by atoms with Crippen molar-refractivity contribution in [1.82, 2.24) is 39.8 Å². The van der Waals surface area contributed by atoms with Crippen LogP contribution in [0.5, 0.6) is 0 Å². The van der Waals surface area contributed by atoms with Gasteiger partial charge in [0.25, 0.3) is 11.6 Å². The van der Waals surface area contributed by atoms with Gasteiger partial charge in [0.15, 0.2) is 11.5 Å². The molecule has 2 aliphatic heterocycles. The van der Waals surface area contributed by atoms with Crippen LogP contribution in [0, 0.1) is 0 Å². The highest BCUT2D eigenvalue weighted by Crippen LogP contribution is 2.47. The number of amides is 2. The van der Waals surface area contributed by atoms with Crippen LogP contribution in [0.2, 0.25) is 0 Å². The van der Waals surface area contributed by atoms with Gasteiger partial charge in [-0.2, -0.15) is 9.17 Å². The summed E-state index contributed by atoms with van der Waals surface area (Å²) < 4.78 is 9.53. The van der Waals surface area contributed by atoms with Gasteiger partial charge in [-0.15, -0.1) is 33.7 Å². The van der Waals surface area contributed by atoms with Gasteiger partial charge in [0.2, 0.25) is 5.91 Å². The Hall–Kier alpha value is -2.21. The first-order chi connectivity index (χ1) is 15.5. The number of nitrogens with zero attached hydrogens (tertiary/aromatic N) is 7. The number of rotatable bonds is 10. The highest BCUT2D eigenvalue weighted by Gasteiger charge is 2.66. The van der Waals surface area contributed by atoms with Crippen LogP contribution in [-0.2, 0) is 25.0 Å². The molecule has 2 aliphatic rings. The van der Waals surface area contributed by atoms with Crippen molar-refractivity contribution in [1.29, 1.82) is 0 Å². The highest BCUT2D eigenvalue weighted by molar-refractivity contribution is 8.01. The number of hydrogen-bond acceptors (Lipinski definition) is 13. The molecule has 170 valence electrons. The van der Waals surface area contributed by atoms with Gasteiger partial charge in [-0.05, 0) is 22.3 Å². The van der Waals surface area contributed by atoms with Crippen molar-refractivity contribution in [2.24, 2.45) is 0 Å². The number of aliphatic carboxylic acids is 1. The Morgan fingerprint density at radius 1 is 1.47 bits per heavy atom. The molecular formula is C15H16N8O5S4. The molecule has 0 radical (unpaired) electrons.